The van der Waals surface area contributed by atoms with Crippen molar-refractivity contribution in [3.05, 3.63) is 0 Å². The molecule has 5 heteroatoms. The van der Waals surface area contributed by atoms with Crippen LogP contribution in [0.25, 0.3) is 0 Å². The lowest BCUT2D eigenvalue weighted by Crippen LogP contribution is -2.42. The van der Waals surface area contributed by atoms with E-state index in [2.05, 4.69) is 5.32 Å². The Morgan fingerprint density at radius 1 is 1.47 bits per heavy atom. The molecule has 0 unspecified atom stereocenters. The normalized spacial score (nSPS) is 26.3. The van der Waals surface area contributed by atoms with Gasteiger partial charge in [-0.25, -0.2) is 9.59 Å². The Balaban J connectivity index is 1.87. The molecule has 0 aromatic carbocycles. The van der Waals surface area contributed by atoms with E-state index in [1.807, 2.05) is 0 Å². The van der Waals surface area contributed by atoms with Crippen LogP contribution in [0.15, 0.2) is 0 Å². The summed E-state index contributed by atoms with van der Waals surface area (Å²) < 4.78 is 10.4. The number of nitrogens with one attached hydrogen (secondary N) is 1. The van der Waals surface area contributed by atoms with Crippen LogP contribution < -0.4 is 5.32 Å². The number of amides is 1. The molecule has 1 amide bonds. The minimum Gasteiger partial charge on any atom is -0.457 e. The molecule has 0 aromatic rings. The highest BCUT2D eigenvalue weighted by molar-refractivity contribution is 5.83. The third kappa shape index (κ3) is 2.70. The van der Waals surface area contributed by atoms with Gasteiger partial charge in [0, 0.05) is 6.42 Å². The molecule has 0 radical (unpaired) electrons. The van der Waals surface area contributed by atoms with Crippen molar-refractivity contribution in [2.24, 2.45) is 0 Å². The molecule has 0 bridgehead atoms. The zero-order valence-corrected chi connectivity index (χ0v) is 10.5. The first-order valence-electron chi connectivity index (χ1n) is 6.02. The summed E-state index contributed by atoms with van der Waals surface area (Å²) in [4.78, 5) is 23.1. The van der Waals surface area contributed by atoms with Crippen molar-refractivity contribution >= 4 is 12.1 Å². The van der Waals surface area contributed by atoms with Gasteiger partial charge >= 0.3 is 12.1 Å². The number of alkyl carbamates (subject to hydrolysis) is 1. The Morgan fingerprint density at radius 3 is 2.53 bits per heavy atom. The van der Waals surface area contributed by atoms with Crippen molar-refractivity contribution in [3.63, 3.8) is 0 Å². The van der Waals surface area contributed by atoms with Crippen LogP contribution in [0.5, 0.6) is 0 Å². The SMILES string of the molecule is CC(C)(C)OC(=O)N[C@H]1CC2(CCC2)OC1=O. The highest BCUT2D eigenvalue weighted by atomic mass is 16.6. The first-order chi connectivity index (χ1) is 7.80. The van der Waals surface area contributed by atoms with E-state index >= 15 is 0 Å². The number of carbonyl (C=O) groups is 2. The van der Waals surface area contributed by atoms with Crippen LogP contribution in [-0.4, -0.2) is 29.3 Å². The van der Waals surface area contributed by atoms with E-state index in [1.54, 1.807) is 20.8 Å². The van der Waals surface area contributed by atoms with E-state index in [1.165, 1.54) is 0 Å². The molecule has 2 fully saturated rings. The number of ether oxygens (including phenoxy) is 2. The molecule has 0 aromatic heterocycles. The van der Waals surface area contributed by atoms with Gasteiger partial charge in [0.15, 0.2) is 0 Å². The van der Waals surface area contributed by atoms with Gasteiger partial charge in [-0.1, -0.05) is 0 Å². The predicted molar refractivity (Wildman–Crippen MR) is 60.4 cm³/mol. The fourth-order valence-corrected chi connectivity index (χ4v) is 2.22. The lowest BCUT2D eigenvalue weighted by Gasteiger charge is -2.35. The monoisotopic (exact) mass is 241 g/mol. The highest BCUT2D eigenvalue weighted by Gasteiger charge is 2.51. The van der Waals surface area contributed by atoms with E-state index < -0.39 is 17.7 Å². The average Bonchev–Trinajstić information content (AvgIpc) is 2.39. The van der Waals surface area contributed by atoms with Gasteiger partial charge < -0.3 is 14.8 Å². The van der Waals surface area contributed by atoms with Crippen LogP contribution in [0.4, 0.5) is 4.79 Å². The minimum atomic E-state index is -0.559. The molecule has 1 aliphatic carbocycles. The zero-order chi connectivity index (χ0) is 12.7. The molecule has 1 atom stereocenters. The van der Waals surface area contributed by atoms with Crippen LogP contribution in [0.2, 0.25) is 0 Å². The Morgan fingerprint density at radius 2 is 2.12 bits per heavy atom. The fraction of sp³-hybridized carbons (Fsp3) is 0.833. The molecule has 1 aliphatic heterocycles. The van der Waals surface area contributed by atoms with E-state index in [4.69, 9.17) is 9.47 Å². The lowest BCUT2D eigenvalue weighted by molar-refractivity contribution is -0.155. The second kappa shape index (κ2) is 3.89. The highest BCUT2D eigenvalue weighted by Crippen LogP contribution is 2.43. The van der Waals surface area contributed by atoms with Gasteiger partial charge in [-0.3, -0.25) is 0 Å². The van der Waals surface area contributed by atoms with Crippen molar-refractivity contribution in [1.82, 2.24) is 5.32 Å². The largest absolute Gasteiger partial charge is 0.457 e. The van der Waals surface area contributed by atoms with Gasteiger partial charge in [0.1, 0.15) is 17.2 Å². The fourth-order valence-electron chi connectivity index (χ4n) is 2.22. The standard InChI is InChI=1S/C12H19NO4/c1-11(2,3)17-10(15)13-8-7-12(5-4-6-12)16-9(8)14/h8H,4-7H2,1-3H3,(H,13,15)/t8-/m0/s1. The van der Waals surface area contributed by atoms with Crippen molar-refractivity contribution in [2.75, 3.05) is 0 Å². The molecule has 1 spiro atoms. The molecule has 1 saturated heterocycles. The first-order valence-corrected chi connectivity index (χ1v) is 6.02. The van der Waals surface area contributed by atoms with Crippen molar-refractivity contribution in [1.29, 1.82) is 0 Å². The van der Waals surface area contributed by atoms with Gasteiger partial charge in [0.05, 0.1) is 0 Å². The number of hydrogen-bond acceptors (Lipinski definition) is 4. The molecule has 17 heavy (non-hydrogen) atoms. The third-order valence-corrected chi connectivity index (χ3v) is 3.13. The second-order valence-electron chi connectivity index (χ2n) is 5.86. The summed E-state index contributed by atoms with van der Waals surface area (Å²) >= 11 is 0. The molecule has 1 N–H and O–H groups in total. The van der Waals surface area contributed by atoms with Crippen LogP contribution in [-0.2, 0) is 14.3 Å². The summed E-state index contributed by atoms with van der Waals surface area (Å²) in [6.45, 7) is 5.35. The second-order valence-corrected chi connectivity index (χ2v) is 5.86. The maximum absolute atomic E-state index is 11.6. The van der Waals surface area contributed by atoms with Gasteiger partial charge in [-0.2, -0.15) is 0 Å². The maximum Gasteiger partial charge on any atom is 0.408 e. The minimum absolute atomic E-state index is 0.295. The summed E-state index contributed by atoms with van der Waals surface area (Å²) in [5.41, 5.74) is -0.850. The van der Waals surface area contributed by atoms with Gasteiger partial charge in [-0.15, -0.1) is 0 Å². The van der Waals surface area contributed by atoms with Gasteiger partial charge in [-0.05, 0) is 40.0 Å². The number of esters is 1. The van der Waals surface area contributed by atoms with Gasteiger partial charge in [0.2, 0.25) is 0 Å². The topological polar surface area (TPSA) is 64.6 Å². The Labute approximate surface area is 101 Å². The third-order valence-electron chi connectivity index (χ3n) is 3.13. The average molecular weight is 241 g/mol. The van der Waals surface area contributed by atoms with Crippen LogP contribution >= 0.6 is 0 Å². The number of hydrogen-bond donors (Lipinski definition) is 1. The number of carbonyl (C=O) groups excluding carboxylic acids is 2. The van der Waals surface area contributed by atoms with Crippen molar-refractivity contribution in [3.8, 4) is 0 Å². The summed E-state index contributed by atoms with van der Waals surface area (Å²) in [6.07, 6.45) is 2.92. The summed E-state index contributed by atoms with van der Waals surface area (Å²) in [7, 11) is 0. The van der Waals surface area contributed by atoms with E-state index in [0.717, 1.165) is 19.3 Å². The molecule has 2 rings (SSSR count). The summed E-state index contributed by atoms with van der Waals surface area (Å²) in [5, 5.41) is 2.57. The molecule has 1 heterocycles. The molecule has 2 aliphatic rings. The quantitative estimate of drug-likeness (QED) is 0.710. The Bertz CT molecular complexity index is 341. The first kappa shape index (κ1) is 12.2. The lowest BCUT2D eigenvalue weighted by atomic mass is 9.77. The van der Waals surface area contributed by atoms with Crippen LogP contribution in [0.3, 0.4) is 0 Å². The Kier molecular flexibility index (Phi) is 2.79. The molecule has 5 nitrogen and oxygen atoms in total. The van der Waals surface area contributed by atoms with E-state index in [-0.39, 0.29) is 11.6 Å². The van der Waals surface area contributed by atoms with Crippen molar-refractivity contribution in [2.45, 2.75) is 63.7 Å². The molecule has 1 saturated carbocycles. The zero-order valence-electron chi connectivity index (χ0n) is 10.5. The molecule has 96 valence electrons. The maximum atomic E-state index is 11.6. The van der Waals surface area contributed by atoms with E-state index in [9.17, 15) is 9.59 Å². The molecular weight excluding hydrogens is 222 g/mol. The van der Waals surface area contributed by atoms with E-state index in [0.29, 0.717) is 6.42 Å². The van der Waals surface area contributed by atoms with Gasteiger partial charge in [0.25, 0.3) is 0 Å². The molecular formula is C12H19NO4. The summed E-state index contributed by atoms with van der Waals surface area (Å²) in [5.74, 6) is -0.337. The van der Waals surface area contributed by atoms with Crippen LogP contribution in [0, 0.1) is 0 Å². The number of rotatable bonds is 1. The summed E-state index contributed by atoms with van der Waals surface area (Å²) in [6, 6.07) is -0.551. The smallest absolute Gasteiger partial charge is 0.408 e. The predicted octanol–water partition coefficient (Wildman–Crippen LogP) is 1.75. The van der Waals surface area contributed by atoms with Crippen LogP contribution in [0.1, 0.15) is 46.5 Å². The Hall–Kier alpha value is -1.26. The van der Waals surface area contributed by atoms with Crippen molar-refractivity contribution < 1.29 is 19.1 Å².